The van der Waals surface area contributed by atoms with E-state index >= 15 is 0 Å². The number of ether oxygens (including phenoxy) is 1. The molecule has 0 atom stereocenters. The first-order valence-corrected chi connectivity index (χ1v) is 12.3. The van der Waals surface area contributed by atoms with Crippen molar-refractivity contribution in [1.82, 2.24) is 24.4 Å². The fraction of sp³-hybridized carbons (Fsp3) is 0.269. The van der Waals surface area contributed by atoms with Gasteiger partial charge in [0.1, 0.15) is 12.4 Å². The van der Waals surface area contributed by atoms with Crippen LogP contribution in [-0.4, -0.2) is 56.6 Å². The summed E-state index contributed by atoms with van der Waals surface area (Å²) in [4.78, 5) is 39.8. The van der Waals surface area contributed by atoms with Gasteiger partial charge in [0.15, 0.2) is 5.65 Å². The summed E-state index contributed by atoms with van der Waals surface area (Å²) in [6.07, 6.45) is 1.58. The molecule has 0 radical (unpaired) electrons. The van der Waals surface area contributed by atoms with Crippen LogP contribution in [0.15, 0.2) is 53.5 Å². The number of hydrogen-bond donors (Lipinski definition) is 2. The molecule has 0 fully saturated rings. The number of nitrogens with one attached hydrogen (secondary N) is 1. The highest BCUT2D eigenvalue weighted by Gasteiger charge is 2.16. The van der Waals surface area contributed by atoms with Crippen LogP contribution in [0.25, 0.3) is 16.7 Å². The molecular weight excluding hydrogens is 494 g/mol. The highest BCUT2D eigenvalue weighted by Crippen LogP contribution is 2.25. The minimum atomic E-state index is -0.629. The Morgan fingerprint density at radius 2 is 1.86 bits per heavy atom. The van der Waals surface area contributed by atoms with Gasteiger partial charge in [-0.2, -0.15) is 9.97 Å². The number of nitrogens with zero attached hydrogens (tertiary/aromatic N) is 5. The zero-order valence-electron chi connectivity index (χ0n) is 20.9. The Kier molecular flexibility index (Phi) is 8.00. The number of aryl methyl sites for hydroxylation is 1. The van der Waals surface area contributed by atoms with Gasteiger partial charge in [-0.25, -0.2) is 9.78 Å². The van der Waals surface area contributed by atoms with E-state index in [1.807, 2.05) is 24.3 Å². The Labute approximate surface area is 219 Å². The number of rotatable bonds is 10. The first-order valence-electron chi connectivity index (χ1n) is 11.9. The second-order valence-electron chi connectivity index (χ2n) is 8.30. The van der Waals surface area contributed by atoms with Crippen molar-refractivity contribution in [3.8, 4) is 11.4 Å². The molecule has 3 N–H and O–H groups in total. The average Bonchev–Trinajstić information content (AvgIpc) is 2.88. The SMILES string of the molecule is CCN(CC)CCOc1ccc(Nc2ncc3c(C)n(-c4cc(C(N)=O)ccc4Cl)c(=O)nc3n2)cc1. The number of carbonyl (C=O) groups is 1. The van der Waals surface area contributed by atoms with E-state index in [2.05, 4.69) is 39.0 Å². The number of carbonyl (C=O) groups excluding carboxylic acids is 1. The molecule has 0 aliphatic carbocycles. The van der Waals surface area contributed by atoms with Crippen LogP contribution in [0.2, 0.25) is 5.02 Å². The summed E-state index contributed by atoms with van der Waals surface area (Å²) < 4.78 is 7.14. The fourth-order valence-electron chi connectivity index (χ4n) is 3.90. The lowest BCUT2D eigenvalue weighted by Gasteiger charge is -2.18. The number of likely N-dealkylation sites (N-methyl/N-ethyl adjacent to an activating group) is 1. The third-order valence-corrected chi connectivity index (χ3v) is 6.36. The Hall–Kier alpha value is -4.02. The van der Waals surface area contributed by atoms with E-state index < -0.39 is 11.6 Å². The van der Waals surface area contributed by atoms with Crippen molar-refractivity contribution in [3.63, 3.8) is 0 Å². The van der Waals surface area contributed by atoms with Gasteiger partial charge in [0.05, 0.1) is 16.1 Å². The Morgan fingerprint density at radius 3 is 2.54 bits per heavy atom. The van der Waals surface area contributed by atoms with Gasteiger partial charge in [-0.05, 0) is 62.5 Å². The van der Waals surface area contributed by atoms with E-state index in [0.717, 1.165) is 31.1 Å². The molecule has 2 heterocycles. The molecule has 11 heteroatoms. The molecule has 4 aromatic rings. The lowest BCUT2D eigenvalue weighted by Crippen LogP contribution is -2.27. The Bertz CT molecular complexity index is 1480. The number of aromatic nitrogens is 4. The molecule has 192 valence electrons. The van der Waals surface area contributed by atoms with Crippen LogP contribution < -0.4 is 21.5 Å². The minimum Gasteiger partial charge on any atom is -0.492 e. The van der Waals surface area contributed by atoms with Gasteiger partial charge >= 0.3 is 5.69 Å². The zero-order valence-corrected chi connectivity index (χ0v) is 21.6. The predicted octanol–water partition coefficient (Wildman–Crippen LogP) is 3.70. The number of fused-ring (bicyclic) bond motifs is 1. The monoisotopic (exact) mass is 521 g/mol. The molecule has 2 aromatic heterocycles. The number of halogens is 1. The van der Waals surface area contributed by atoms with Crippen LogP contribution in [0.3, 0.4) is 0 Å². The molecular formula is C26H28ClN7O3. The summed E-state index contributed by atoms with van der Waals surface area (Å²) in [5.74, 6) is 0.435. The summed E-state index contributed by atoms with van der Waals surface area (Å²) in [5, 5.41) is 3.95. The number of hydrogen-bond acceptors (Lipinski definition) is 8. The largest absolute Gasteiger partial charge is 0.492 e. The fourth-order valence-corrected chi connectivity index (χ4v) is 4.10. The molecule has 10 nitrogen and oxygen atoms in total. The van der Waals surface area contributed by atoms with Crippen molar-refractivity contribution in [2.75, 3.05) is 31.6 Å². The second-order valence-corrected chi connectivity index (χ2v) is 8.71. The summed E-state index contributed by atoms with van der Waals surface area (Å²) in [5.41, 5.74) is 6.84. The molecule has 0 saturated heterocycles. The smallest absolute Gasteiger partial charge is 0.354 e. The van der Waals surface area contributed by atoms with E-state index in [4.69, 9.17) is 22.1 Å². The van der Waals surface area contributed by atoms with Crippen molar-refractivity contribution >= 4 is 40.2 Å². The van der Waals surface area contributed by atoms with E-state index in [1.54, 1.807) is 13.1 Å². The maximum atomic E-state index is 12.9. The molecule has 1 amide bonds. The lowest BCUT2D eigenvalue weighted by molar-refractivity contribution is 0.1000. The third kappa shape index (κ3) is 5.87. The van der Waals surface area contributed by atoms with E-state index in [0.29, 0.717) is 29.3 Å². The van der Waals surface area contributed by atoms with Crippen molar-refractivity contribution in [2.24, 2.45) is 5.73 Å². The molecule has 0 aliphatic rings. The van der Waals surface area contributed by atoms with E-state index in [-0.39, 0.29) is 16.2 Å². The number of amides is 1. The lowest BCUT2D eigenvalue weighted by atomic mass is 10.1. The molecule has 0 unspecified atom stereocenters. The highest BCUT2D eigenvalue weighted by atomic mass is 35.5. The first kappa shape index (κ1) is 26.1. The third-order valence-electron chi connectivity index (χ3n) is 6.04. The quantitative estimate of drug-likeness (QED) is 0.323. The van der Waals surface area contributed by atoms with Crippen LogP contribution in [-0.2, 0) is 0 Å². The zero-order chi connectivity index (χ0) is 26.5. The Morgan fingerprint density at radius 1 is 1.14 bits per heavy atom. The van der Waals surface area contributed by atoms with Crippen LogP contribution in [0.5, 0.6) is 5.75 Å². The van der Waals surface area contributed by atoms with Crippen molar-refractivity contribution in [1.29, 1.82) is 0 Å². The maximum absolute atomic E-state index is 12.9. The van der Waals surface area contributed by atoms with Crippen molar-refractivity contribution < 1.29 is 9.53 Å². The molecule has 0 saturated carbocycles. The molecule has 0 bridgehead atoms. The number of benzene rings is 2. The van der Waals surface area contributed by atoms with E-state index in [9.17, 15) is 9.59 Å². The topological polar surface area (TPSA) is 128 Å². The van der Waals surface area contributed by atoms with Gasteiger partial charge in [0.25, 0.3) is 0 Å². The van der Waals surface area contributed by atoms with Gasteiger partial charge < -0.3 is 20.7 Å². The summed E-state index contributed by atoms with van der Waals surface area (Å²) in [6, 6.07) is 11.9. The van der Waals surface area contributed by atoms with E-state index in [1.165, 1.54) is 22.8 Å². The Balaban J connectivity index is 1.55. The van der Waals surface area contributed by atoms with Gasteiger partial charge in [-0.3, -0.25) is 9.36 Å². The maximum Gasteiger partial charge on any atom is 0.354 e. The summed E-state index contributed by atoms with van der Waals surface area (Å²) in [7, 11) is 0. The molecule has 37 heavy (non-hydrogen) atoms. The van der Waals surface area contributed by atoms with Crippen molar-refractivity contribution in [2.45, 2.75) is 20.8 Å². The number of primary amides is 1. The molecule has 4 rings (SSSR count). The van der Waals surface area contributed by atoms with Crippen molar-refractivity contribution in [3.05, 3.63) is 75.4 Å². The van der Waals surface area contributed by atoms with Gasteiger partial charge in [0.2, 0.25) is 11.9 Å². The standard InChI is InChI=1S/C26H28ClN7O3/c1-4-33(5-2)12-13-37-19-9-7-18(8-10-19)30-25-29-15-20-16(3)34(26(36)32-24(20)31-25)22-14-17(23(28)35)6-11-21(22)27/h6-11,14-15H,4-5,12-13H2,1-3H3,(H2,28,35)(H,30,31,32,36). The average molecular weight is 522 g/mol. The van der Waals surface area contributed by atoms with Gasteiger partial charge in [-0.1, -0.05) is 25.4 Å². The van der Waals surface area contributed by atoms with Crippen LogP contribution in [0.4, 0.5) is 11.6 Å². The molecule has 0 spiro atoms. The minimum absolute atomic E-state index is 0.224. The van der Waals surface area contributed by atoms with Gasteiger partial charge in [0, 0.05) is 29.7 Å². The molecule has 0 aliphatic heterocycles. The van der Waals surface area contributed by atoms with Crippen LogP contribution >= 0.6 is 11.6 Å². The van der Waals surface area contributed by atoms with Crippen LogP contribution in [0.1, 0.15) is 29.9 Å². The summed E-state index contributed by atoms with van der Waals surface area (Å²) >= 11 is 6.32. The second kappa shape index (κ2) is 11.4. The highest BCUT2D eigenvalue weighted by molar-refractivity contribution is 6.32. The molecule has 2 aromatic carbocycles. The van der Waals surface area contributed by atoms with Crippen LogP contribution in [0, 0.1) is 6.92 Å². The normalized spacial score (nSPS) is 11.2. The predicted molar refractivity (Wildman–Crippen MR) is 144 cm³/mol. The number of nitrogens with two attached hydrogens (primary N) is 1. The van der Waals surface area contributed by atoms with Gasteiger partial charge in [-0.15, -0.1) is 0 Å². The number of anilines is 2. The summed E-state index contributed by atoms with van der Waals surface area (Å²) in [6.45, 7) is 9.46. The first-order chi connectivity index (χ1) is 17.8.